The van der Waals surface area contributed by atoms with Crippen molar-refractivity contribution in [1.29, 1.82) is 0 Å². The topological polar surface area (TPSA) is 76.5 Å². The fourth-order valence-corrected chi connectivity index (χ4v) is 2.58. The summed E-state index contributed by atoms with van der Waals surface area (Å²) in [5.41, 5.74) is 1.09. The molecule has 1 unspecified atom stereocenters. The highest BCUT2D eigenvalue weighted by molar-refractivity contribution is 7.71. The van der Waals surface area contributed by atoms with Crippen LogP contribution in [-0.2, 0) is 6.54 Å². The Morgan fingerprint density at radius 3 is 2.65 bits per heavy atom. The van der Waals surface area contributed by atoms with Crippen molar-refractivity contribution >= 4 is 12.2 Å². The molecule has 0 aliphatic heterocycles. The minimum atomic E-state index is -0.282. The summed E-state index contributed by atoms with van der Waals surface area (Å²) in [7, 11) is 3.13. The van der Waals surface area contributed by atoms with Crippen molar-refractivity contribution in [1.82, 2.24) is 9.55 Å². The molecule has 124 valence electrons. The van der Waals surface area contributed by atoms with Crippen LogP contribution in [0, 0.1) is 10.7 Å². The highest BCUT2D eigenvalue weighted by atomic mass is 32.1. The highest BCUT2D eigenvalue weighted by Gasteiger charge is 2.14. The van der Waals surface area contributed by atoms with Crippen LogP contribution in [0.5, 0.6) is 11.5 Å². The summed E-state index contributed by atoms with van der Waals surface area (Å²) in [6, 6.07) is 6.84. The molecule has 0 bridgehead atoms. The summed E-state index contributed by atoms with van der Waals surface area (Å²) in [4.78, 5) is 14.5. The molecule has 0 aliphatic carbocycles. The standard InChI is InChI=1S/C16H20N2O4S/c1-10(9-19)8-18-13(7-15(20)17-16(18)23)12-5-4-11(21-2)6-14(12)22-3/h4-7,10,19H,8-9H2,1-3H3,(H,17,20,23). The number of benzene rings is 1. The molecule has 0 fully saturated rings. The zero-order chi connectivity index (χ0) is 17.0. The van der Waals surface area contributed by atoms with E-state index in [9.17, 15) is 9.90 Å². The Labute approximate surface area is 139 Å². The van der Waals surface area contributed by atoms with Gasteiger partial charge in [0.25, 0.3) is 5.56 Å². The molecule has 1 atom stereocenters. The third-order valence-corrected chi connectivity index (χ3v) is 3.85. The summed E-state index contributed by atoms with van der Waals surface area (Å²) >= 11 is 5.28. The van der Waals surface area contributed by atoms with Crippen LogP contribution in [0.15, 0.2) is 29.1 Å². The van der Waals surface area contributed by atoms with Crippen molar-refractivity contribution in [2.75, 3.05) is 20.8 Å². The first-order valence-electron chi connectivity index (χ1n) is 7.17. The molecular weight excluding hydrogens is 316 g/mol. The van der Waals surface area contributed by atoms with E-state index in [0.717, 1.165) is 5.56 Å². The first kappa shape index (κ1) is 17.2. The first-order chi connectivity index (χ1) is 11.0. The second-order valence-corrected chi connectivity index (χ2v) is 5.68. The van der Waals surface area contributed by atoms with E-state index in [0.29, 0.717) is 28.5 Å². The van der Waals surface area contributed by atoms with Gasteiger partial charge in [-0.25, -0.2) is 0 Å². The van der Waals surface area contributed by atoms with Gasteiger partial charge in [0, 0.05) is 30.8 Å². The van der Waals surface area contributed by atoms with Gasteiger partial charge in [-0.1, -0.05) is 6.92 Å². The third-order valence-electron chi connectivity index (χ3n) is 3.52. The summed E-state index contributed by atoms with van der Waals surface area (Å²) in [5.74, 6) is 1.23. The zero-order valence-corrected chi connectivity index (χ0v) is 14.1. The van der Waals surface area contributed by atoms with Crippen LogP contribution < -0.4 is 15.0 Å². The fourth-order valence-electron chi connectivity index (χ4n) is 2.30. The maximum Gasteiger partial charge on any atom is 0.252 e. The molecule has 0 saturated heterocycles. The summed E-state index contributed by atoms with van der Waals surface area (Å²) in [6.07, 6.45) is 0. The largest absolute Gasteiger partial charge is 0.497 e. The van der Waals surface area contributed by atoms with Gasteiger partial charge in [0.1, 0.15) is 11.5 Å². The van der Waals surface area contributed by atoms with E-state index in [1.165, 1.54) is 6.07 Å². The van der Waals surface area contributed by atoms with Crippen molar-refractivity contribution in [3.63, 3.8) is 0 Å². The predicted octanol–water partition coefficient (Wildman–Crippen LogP) is 2.22. The number of rotatable bonds is 6. The van der Waals surface area contributed by atoms with E-state index in [1.54, 1.807) is 30.9 Å². The molecule has 2 aromatic rings. The van der Waals surface area contributed by atoms with E-state index in [4.69, 9.17) is 21.7 Å². The molecule has 0 spiro atoms. The number of methoxy groups -OCH3 is 2. The fraction of sp³-hybridized carbons (Fsp3) is 0.375. The van der Waals surface area contributed by atoms with Crippen molar-refractivity contribution in [2.45, 2.75) is 13.5 Å². The third kappa shape index (κ3) is 3.80. The number of hydrogen-bond acceptors (Lipinski definition) is 5. The van der Waals surface area contributed by atoms with Crippen LogP contribution in [0.25, 0.3) is 11.3 Å². The van der Waals surface area contributed by atoms with E-state index in [-0.39, 0.29) is 18.1 Å². The van der Waals surface area contributed by atoms with Crippen LogP contribution in [0.1, 0.15) is 6.92 Å². The Balaban J connectivity index is 2.67. The monoisotopic (exact) mass is 336 g/mol. The number of H-pyrrole nitrogens is 1. The lowest BCUT2D eigenvalue weighted by molar-refractivity contribution is 0.222. The Bertz CT molecular complexity index is 797. The number of hydrogen-bond donors (Lipinski definition) is 2. The molecule has 1 aromatic carbocycles. The SMILES string of the molecule is COc1ccc(-c2cc(=O)[nH]c(=S)n2CC(C)CO)c(OC)c1. The average Bonchev–Trinajstić information content (AvgIpc) is 2.56. The predicted molar refractivity (Wildman–Crippen MR) is 90.7 cm³/mol. The number of aliphatic hydroxyl groups is 1. The average molecular weight is 336 g/mol. The van der Waals surface area contributed by atoms with Crippen LogP contribution in [0.3, 0.4) is 0 Å². The van der Waals surface area contributed by atoms with E-state index in [2.05, 4.69) is 4.98 Å². The quantitative estimate of drug-likeness (QED) is 0.791. The maximum absolute atomic E-state index is 11.9. The van der Waals surface area contributed by atoms with Gasteiger partial charge >= 0.3 is 0 Å². The lowest BCUT2D eigenvalue weighted by Crippen LogP contribution is -2.19. The molecule has 7 heteroatoms. The molecule has 6 nitrogen and oxygen atoms in total. The van der Waals surface area contributed by atoms with Gasteiger partial charge in [-0.2, -0.15) is 0 Å². The number of aliphatic hydroxyl groups excluding tert-OH is 1. The molecule has 0 radical (unpaired) electrons. The van der Waals surface area contributed by atoms with E-state index < -0.39 is 0 Å². The molecule has 2 N–H and O–H groups in total. The zero-order valence-electron chi connectivity index (χ0n) is 13.3. The normalized spacial score (nSPS) is 12.0. The summed E-state index contributed by atoms with van der Waals surface area (Å²) in [5, 5.41) is 9.31. The lowest BCUT2D eigenvalue weighted by Gasteiger charge is -2.18. The summed E-state index contributed by atoms with van der Waals surface area (Å²) < 4.78 is 12.7. The molecule has 0 aliphatic rings. The Kier molecular flexibility index (Phi) is 5.57. The smallest absolute Gasteiger partial charge is 0.252 e. The molecule has 0 saturated carbocycles. The number of aromatic amines is 1. The van der Waals surface area contributed by atoms with Gasteiger partial charge in [-0.05, 0) is 30.3 Å². The van der Waals surface area contributed by atoms with Gasteiger partial charge in [0.2, 0.25) is 0 Å². The maximum atomic E-state index is 11.9. The minimum Gasteiger partial charge on any atom is -0.497 e. The van der Waals surface area contributed by atoms with Gasteiger partial charge < -0.3 is 19.1 Å². The van der Waals surface area contributed by atoms with Gasteiger partial charge in [-0.15, -0.1) is 0 Å². The lowest BCUT2D eigenvalue weighted by atomic mass is 10.1. The van der Waals surface area contributed by atoms with Crippen molar-refractivity contribution in [3.8, 4) is 22.8 Å². The van der Waals surface area contributed by atoms with Gasteiger partial charge in [0.05, 0.1) is 19.9 Å². The molecule has 1 heterocycles. The minimum absolute atomic E-state index is 0.00408. The second-order valence-electron chi connectivity index (χ2n) is 5.29. The number of nitrogens with zero attached hydrogens (tertiary/aromatic N) is 1. The van der Waals surface area contributed by atoms with Crippen molar-refractivity contribution in [3.05, 3.63) is 39.4 Å². The van der Waals surface area contributed by atoms with Crippen LogP contribution in [-0.4, -0.2) is 35.5 Å². The van der Waals surface area contributed by atoms with Crippen LogP contribution >= 0.6 is 12.2 Å². The highest BCUT2D eigenvalue weighted by Crippen LogP contribution is 2.33. The van der Waals surface area contributed by atoms with Crippen LogP contribution in [0.2, 0.25) is 0 Å². The first-order valence-corrected chi connectivity index (χ1v) is 7.58. The molecule has 1 aromatic heterocycles. The van der Waals surface area contributed by atoms with Gasteiger partial charge in [0.15, 0.2) is 4.77 Å². The van der Waals surface area contributed by atoms with E-state index >= 15 is 0 Å². The molecular formula is C16H20N2O4S. The number of nitrogens with one attached hydrogen (secondary N) is 1. The van der Waals surface area contributed by atoms with Gasteiger partial charge in [-0.3, -0.25) is 9.78 Å². The molecule has 2 rings (SSSR count). The molecule has 0 amide bonds. The number of aromatic nitrogens is 2. The second kappa shape index (κ2) is 7.43. The summed E-state index contributed by atoms with van der Waals surface area (Å²) in [6.45, 7) is 2.42. The Hall–Kier alpha value is -2.12. The Morgan fingerprint density at radius 2 is 2.04 bits per heavy atom. The van der Waals surface area contributed by atoms with Crippen molar-refractivity contribution in [2.24, 2.45) is 5.92 Å². The van der Waals surface area contributed by atoms with Crippen molar-refractivity contribution < 1.29 is 14.6 Å². The van der Waals surface area contributed by atoms with Crippen LogP contribution in [0.4, 0.5) is 0 Å². The Morgan fingerprint density at radius 1 is 1.30 bits per heavy atom. The molecule has 23 heavy (non-hydrogen) atoms. The number of ether oxygens (including phenoxy) is 2. The van der Waals surface area contributed by atoms with E-state index in [1.807, 2.05) is 13.0 Å².